The van der Waals surface area contributed by atoms with E-state index in [0.29, 0.717) is 25.9 Å². The topological polar surface area (TPSA) is 75.3 Å². The van der Waals surface area contributed by atoms with Crippen molar-refractivity contribution in [2.24, 2.45) is 5.73 Å². The molecular weight excluding hydrogens is 216 g/mol. The Morgan fingerprint density at radius 1 is 1.41 bits per heavy atom. The molecule has 17 heavy (non-hydrogen) atoms. The van der Waals surface area contributed by atoms with Crippen molar-refractivity contribution in [1.82, 2.24) is 5.32 Å². The number of benzene rings is 1. The van der Waals surface area contributed by atoms with Gasteiger partial charge in [0.05, 0.1) is 12.5 Å². The summed E-state index contributed by atoms with van der Waals surface area (Å²) in [4.78, 5) is 11.6. The number of hydrogen-bond donors (Lipinski definition) is 3. The van der Waals surface area contributed by atoms with Crippen molar-refractivity contribution in [3.8, 4) is 0 Å². The fourth-order valence-electron chi connectivity index (χ4n) is 1.59. The van der Waals surface area contributed by atoms with Crippen LogP contribution in [0.2, 0.25) is 0 Å². The van der Waals surface area contributed by atoms with E-state index >= 15 is 0 Å². The van der Waals surface area contributed by atoms with E-state index in [2.05, 4.69) is 5.32 Å². The van der Waals surface area contributed by atoms with Gasteiger partial charge in [0.1, 0.15) is 0 Å². The SMILES string of the molecule is CC(O)CCNC(=O)Cc1ccccc1CN. The molecule has 0 fully saturated rings. The highest BCUT2D eigenvalue weighted by molar-refractivity contribution is 5.78. The maximum absolute atomic E-state index is 11.6. The summed E-state index contributed by atoms with van der Waals surface area (Å²) in [7, 11) is 0. The second kappa shape index (κ2) is 7.04. The van der Waals surface area contributed by atoms with E-state index in [0.717, 1.165) is 11.1 Å². The lowest BCUT2D eigenvalue weighted by molar-refractivity contribution is -0.120. The molecule has 94 valence electrons. The molecule has 0 radical (unpaired) electrons. The van der Waals surface area contributed by atoms with Gasteiger partial charge in [0.25, 0.3) is 0 Å². The minimum atomic E-state index is -0.383. The number of carbonyl (C=O) groups excluding carboxylic acids is 1. The Bertz CT molecular complexity index is 364. The van der Waals surface area contributed by atoms with Crippen molar-refractivity contribution in [3.63, 3.8) is 0 Å². The maximum Gasteiger partial charge on any atom is 0.224 e. The molecule has 0 spiro atoms. The molecule has 0 saturated heterocycles. The largest absolute Gasteiger partial charge is 0.393 e. The van der Waals surface area contributed by atoms with Crippen LogP contribution in [0, 0.1) is 0 Å². The molecule has 1 amide bonds. The monoisotopic (exact) mass is 236 g/mol. The predicted octanol–water partition coefficient (Wildman–Crippen LogP) is 0.575. The first-order chi connectivity index (χ1) is 8.13. The van der Waals surface area contributed by atoms with Crippen LogP contribution >= 0.6 is 0 Å². The Kier molecular flexibility index (Phi) is 5.66. The Labute approximate surface area is 102 Å². The molecular formula is C13H20N2O2. The van der Waals surface area contributed by atoms with Crippen LogP contribution < -0.4 is 11.1 Å². The van der Waals surface area contributed by atoms with E-state index in [4.69, 9.17) is 10.8 Å². The van der Waals surface area contributed by atoms with Gasteiger partial charge < -0.3 is 16.2 Å². The van der Waals surface area contributed by atoms with E-state index in [9.17, 15) is 4.79 Å². The Morgan fingerprint density at radius 3 is 2.65 bits per heavy atom. The molecule has 4 heteroatoms. The molecule has 1 aromatic carbocycles. The van der Waals surface area contributed by atoms with Crippen LogP contribution in [-0.4, -0.2) is 23.7 Å². The first-order valence-corrected chi connectivity index (χ1v) is 5.85. The van der Waals surface area contributed by atoms with Gasteiger partial charge in [0.2, 0.25) is 5.91 Å². The third-order valence-electron chi connectivity index (χ3n) is 2.57. The highest BCUT2D eigenvalue weighted by atomic mass is 16.3. The number of aliphatic hydroxyl groups excluding tert-OH is 1. The normalized spacial score (nSPS) is 12.2. The molecule has 0 bridgehead atoms. The lowest BCUT2D eigenvalue weighted by atomic mass is 10.0. The molecule has 4 nitrogen and oxygen atoms in total. The third kappa shape index (κ3) is 4.97. The van der Waals surface area contributed by atoms with Gasteiger partial charge in [-0.2, -0.15) is 0 Å². The maximum atomic E-state index is 11.6. The Balaban J connectivity index is 2.45. The van der Waals surface area contributed by atoms with Crippen molar-refractivity contribution in [2.75, 3.05) is 6.54 Å². The molecule has 1 atom stereocenters. The zero-order chi connectivity index (χ0) is 12.7. The fourth-order valence-corrected chi connectivity index (χ4v) is 1.59. The van der Waals surface area contributed by atoms with Crippen LogP contribution in [0.1, 0.15) is 24.5 Å². The number of aliphatic hydroxyl groups is 1. The van der Waals surface area contributed by atoms with Crippen LogP contribution in [0.4, 0.5) is 0 Å². The lowest BCUT2D eigenvalue weighted by Crippen LogP contribution is -2.28. The highest BCUT2D eigenvalue weighted by Crippen LogP contribution is 2.08. The van der Waals surface area contributed by atoms with Gasteiger partial charge in [0.15, 0.2) is 0 Å². The molecule has 0 aromatic heterocycles. The van der Waals surface area contributed by atoms with Gasteiger partial charge in [-0.15, -0.1) is 0 Å². The van der Waals surface area contributed by atoms with Crippen LogP contribution in [0.15, 0.2) is 24.3 Å². The van der Waals surface area contributed by atoms with E-state index in [1.54, 1.807) is 6.92 Å². The number of nitrogens with two attached hydrogens (primary N) is 1. The van der Waals surface area contributed by atoms with E-state index < -0.39 is 0 Å². The lowest BCUT2D eigenvalue weighted by Gasteiger charge is -2.09. The predicted molar refractivity (Wildman–Crippen MR) is 67.3 cm³/mol. The molecule has 1 aromatic rings. The number of hydrogen-bond acceptors (Lipinski definition) is 3. The minimum absolute atomic E-state index is 0.0356. The molecule has 0 aliphatic heterocycles. The number of carbonyl (C=O) groups is 1. The fraction of sp³-hybridized carbons (Fsp3) is 0.462. The zero-order valence-electron chi connectivity index (χ0n) is 10.1. The van der Waals surface area contributed by atoms with Crippen molar-refractivity contribution in [2.45, 2.75) is 32.4 Å². The van der Waals surface area contributed by atoms with Crippen molar-refractivity contribution in [3.05, 3.63) is 35.4 Å². The van der Waals surface area contributed by atoms with Gasteiger partial charge in [-0.1, -0.05) is 24.3 Å². The molecule has 0 saturated carbocycles. The van der Waals surface area contributed by atoms with Gasteiger partial charge >= 0.3 is 0 Å². The second-order valence-corrected chi connectivity index (χ2v) is 4.14. The summed E-state index contributed by atoms with van der Waals surface area (Å²) in [6, 6.07) is 7.66. The smallest absolute Gasteiger partial charge is 0.224 e. The summed E-state index contributed by atoms with van der Waals surface area (Å²) < 4.78 is 0. The zero-order valence-corrected chi connectivity index (χ0v) is 10.1. The summed E-state index contributed by atoms with van der Waals surface area (Å²) >= 11 is 0. The first kappa shape index (κ1) is 13.7. The average Bonchev–Trinajstić information content (AvgIpc) is 2.29. The molecule has 0 aliphatic carbocycles. The molecule has 0 heterocycles. The summed E-state index contributed by atoms with van der Waals surface area (Å²) in [6.45, 7) is 2.65. The summed E-state index contributed by atoms with van der Waals surface area (Å²) in [5.41, 5.74) is 7.56. The minimum Gasteiger partial charge on any atom is -0.393 e. The molecule has 1 unspecified atom stereocenters. The summed E-state index contributed by atoms with van der Waals surface area (Å²) in [5, 5.41) is 11.8. The Hall–Kier alpha value is -1.39. The van der Waals surface area contributed by atoms with Gasteiger partial charge in [-0.3, -0.25) is 4.79 Å². The summed E-state index contributed by atoms with van der Waals surface area (Å²) in [6.07, 6.45) is 0.531. The number of amides is 1. The molecule has 1 rings (SSSR count). The highest BCUT2D eigenvalue weighted by Gasteiger charge is 2.06. The van der Waals surface area contributed by atoms with Gasteiger partial charge in [0, 0.05) is 13.1 Å². The van der Waals surface area contributed by atoms with Crippen LogP contribution in [0.25, 0.3) is 0 Å². The van der Waals surface area contributed by atoms with Crippen molar-refractivity contribution < 1.29 is 9.90 Å². The van der Waals surface area contributed by atoms with Gasteiger partial charge in [-0.05, 0) is 24.5 Å². The quantitative estimate of drug-likeness (QED) is 0.676. The number of rotatable bonds is 6. The second-order valence-electron chi connectivity index (χ2n) is 4.14. The van der Waals surface area contributed by atoms with E-state index in [1.807, 2.05) is 24.3 Å². The van der Waals surface area contributed by atoms with Gasteiger partial charge in [-0.25, -0.2) is 0 Å². The third-order valence-corrected chi connectivity index (χ3v) is 2.57. The Morgan fingerprint density at radius 2 is 2.06 bits per heavy atom. The van der Waals surface area contributed by atoms with Crippen LogP contribution in [0.3, 0.4) is 0 Å². The van der Waals surface area contributed by atoms with Crippen molar-refractivity contribution in [1.29, 1.82) is 0 Å². The van der Waals surface area contributed by atoms with E-state index in [1.165, 1.54) is 0 Å². The number of nitrogens with one attached hydrogen (secondary N) is 1. The standard InChI is InChI=1S/C13H20N2O2/c1-10(16)6-7-15-13(17)8-11-4-2-3-5-12(11)9-14/h2-5,10,16H,6-9,14H2,1H3,(H,15,17). The summed E-state index contributed by atoms with van der Waals surface area (Å²) in [5.74, 6) is -0.0356. The average molecular weight is 236 g/mol. The van der Waals surface area contributed by atoms with Crippen molar-refractivity contribution >= 4 is 5.91 Å². The van der Waals surface area contributed by atoms with E-state index in [-0.39, 0.29) is 12.0 Å². The molecule has 4 N–H and O–H groups in total. The van der Waals surface area contributed by atoms with Crippen LogP contribution in [0.5, 0.6) is 0 Å². The van der Waals surface area contributed by atoms with Crippen LogP contribution in [-0.2, 0) is 17.8 Å². The molecule has 0 aliphatic rings. The first-order valence-electron chi connectivity index (χ1n) is 5.85.